The van der Waals surface area contributed by atoms with Crippen LogP contribution in [0.15, 0.2) is 33.4 Å². The first kappa shape index (κ1) is 11.0. The van der Waals surface area contributed by atoms with Gasteiger partial charge in [-0.05, 0) is 29.8 Å². The second-order valence-electron chi connectivity index (χ2n) is 3.20. The molecule has 1 N–H and O–H groups in total. The molecule has 0 saturated heterocycles. The summed E-state index contributed by atoms with van der Waals surface area (Å²) in [4.78, 5) is 12.7. The molecule has 2 aromatic rings. The second kappa shape index (κ2) is 5.05. The Kier molecular flexibility index (Phi) is 3.48. The predicted octanol–water partition coefficient (Wildman–Crippen LogP) is 2.88. The van der Waals surface area contributed by atoms with Crippen LogP contribution in [0.25, 0.3) is 0 Å². The zero-order chi connectivity index (χ0) is 11.4. The molecule has 0 spiro atoms. The van der Waals surface area contributed by atoms with Crippen molar-refractivity contribution in [1.82, 2.24) is 5.43 Å². The van der Waals surface area contributed by atoms with Crippen molar-refractivity contribution in [2.24, 2.45) is 5.10 Å². The number of carbonyl (C=O) groups excluding carboxylic acids is 1. The average molecular weight is 250 g/mol. The van der Waals surface area contributed by atoms with Crippen LogP contribution in [-0.4, -0.2) is 12.1 Å². The van der Waals surface area contributed by atoms with E-state index in [1.165, 1.54) is 0 Å². The summed E-state index contributed by atoms with van der Waals surface area (Å²) >= 11 is 3.15. The van der Waals surface area contributed by atoms with Crippen molar-refractivity contribution in [3.8, 4) is 0 Å². The molecular formula is C11H10N2OS2. The Hall–Kier alpha value is -1.46. The van der Waals surface area contributed by atoms with Gasteiger partial charge in [-0.15, -0.1) is 11.3 Å². The molecule has 0 aliphatic carbocycles. The standard InChI is InChI=1S/C11H10N2OS2/c1-8-4-10(7-16-8)11(14)13-12-5-9-2-3-15-6-9/h2-7H,1H3,(H,13,14). The Bertz CT molecular complexity index is 500. The van der Waals surface area contributed by atoms with Crippen LogP contribution in [0, 0.1) is 6.92 Å². The molecule has 0 radical (unpaired) electrons. The van der Waals surface area contributed by atoms with E-state index in [9.17, 15) is 4.79 Å². The molecule has 5 heteroatoms. The second-order valence-corrected chi connectivity index (χ2v) is 5.10. The summed E-state index contributed by atoms with van der Waals surface area (Å²) < 4.78 is 0. The van der Waals surface area contributed by atoms with Gasteiger partial charge >= 0.3 is 0 Å². The van der Waals surface area contributed by atoms with Gasteiger partial charge in [-0.25, -0.2) is 5.43 Å². The maximum Gasteiger partial charge on any atom is 0.272 e. The monoisotopic (exact) mass is 250 g/mol. The molecule has 0 aromatic carbocycles. The van der Waals surface area contributed by atoms with Gasteiger partial charge in [0.1, 0.15) is 0 Å². The molecule has 0 bridgehead atoms. The zero-order valence-electron chi connectivity index (χ0n) is 8.64. The number of thiophene rings is 2. The van der Waals surface area contributed by atoms with Gasteiger partial charge in [0.2, 0.25) is 0 Å². The molecule has 1 amide bonds. The summed E-state index contributed by atoms with van der Waals surface area (Å²) in [5, 5.41) is 9.64. The molecular weight excluding hydrogens is 240 g/mol. The quantitative estimate of drug-likeness (QED) is 0.660. The minimum Gasteiger partial charge on any atom is -0.267 e. The highest BCUT2D eigenvalue weighted by molar-refractivity contribution is 7.10. The van der Waals surface area contributed by atoms with E-state index in [1.54, 1.807) is 28.9 Å². The van der Waals surface area contributed by atoms with Crippen molar-refractivity contribution in [2.75, 3.05) is 0 Å². The Morgan fingerprint density at radius 2 is 2.38 bits per heavy atom. The average Bonchev–Trinajstić information content (AvgIpc) is 2.89. The SMILES string of the molecule is Cc1cc(C(=O)NN=Cc2ccsc2)cs1. The molecule has 0 aliphatic heterocycles. The van der Waals surface area contributed by atoms with E-state index in [2.05, 4.69) is 10.5 Å². The van der Waals surface area contributed by atoms with E-state index in [0.717, 1.165) is 10.4 Å². The summed E-state index contributed by atoms with van der Waals surface area (Å²) in [6.07, 6.45) is 1.63. The van der Waals surface area contributed by atoms with Crippen molar-refractivity contribution in [3.63, 3.8) is 0 Å². The van der Waals surface area contributed by atoms with E-state index in [4.69, 9.17) is 0 Å². The summed E-state index contributed by atoms with van der Waals surface area (Å²) in [6, 6.07) is 3.79. The molecule has 0 aliphatic rings. The number of amides is 1. The number of nitrogens with one attached hydrogen (secondary N) is 1. The van der Waals surface area contributed by atoms with Crippen LogP contribution < -0.4 is 5.43 Å². The normalized spacial score (nSPS) is 10.8. The number of hydrogen-bond acceptors (Lipinski definition) is 4. The smallest absolute Gasteiger partial charge is 0.267 e. The summed E-state index contributed by atoms with van der Waals surface area (Å²) in [6.45, 7) is 1.97. The molecule has 0 unspecified atom stereocenters. The van der Waals surface area contributed by atoms with Crippen LogP contribution in [-0.2, 0) is 0 Å². The number of aryl methyl sites for hydroxylation is 1. The molecule has 0 saturated carbocycles. The van der Waals surface area contributed by atoms with E-state index >= 15 is 0 Å². The Morgan fingerprint density at radius 3 is 3.00 bits per heavy atom. The molecule has 2 heterocycles. The number of hydrazone groups is 1. The summed E-state index contributed by atoms with van der Waals surface area (Å²) in [7, 11) is 0. The topological polar surface area (TPSA) is 41.5 Å². The van der Waals surface area contributed by atoms with Crippen molar-refractivity contribution in [1.29, 1.82) is 0 Å². The lowest BCUT2D eigenvalue weighted by atomic mass is 10.3. The largest absolute Gasteiger partial charge is 0.272 e. The lowest BCUT2D eigenvalue weighted by Gasteiger charge is -1.94. The third kappa shape index (κ3) is 2.77. The first-order valence-electron chi connectivity index (χ1n) is 4.66. The predicted molar refractivity (Wildman–Crippen MR) is 68.4 cm³/mol. The molecule has 16 heavy (non-hydrogen) atoms. The maximum atomic E-state index is 11.6. The maximum absolute atomic E-state index is 11.6. The third-order valence-corrected chi connectivity index (χ3v) is 3.48. The van der Waals surface area contributed by atoms with Crippen LogP contribution >= 0.6 is 22.7 Å². The van der Waals surface area contributed by atoms with Crippen molar-refractivity contribution in [3.05, 3.63) is 44.3 Å². The van der Waals surface area contributed by atoms with Gasteiger partial charge in [-0.1, -0.05) is 0 Å². The fourth-order valence-electron chi connectivity index (χ4n) is 1.14. The van der Waals surface area contributed by atoms with E-state index in [1.807, 2.05) is 35.2 Å². The Balaban J connectivity index is 1.94. The van der Waals surface area contributed by atoms with E-state index < -0.39 is 0 Å². The van der Waals surface area contributed by atoms with Crippen LogP contribution in [0.4, 0.5) is 0 Å². The molecule has 3 nitrogen and oxygen atoms in total. The Labute approximate surface area is 101 Å². The molecule has 2 aromatic heterocycles. The van der Waals surface area contributed by atoms with Gasteiger partial charge in [0.05, 0.1) is 11.8 Å². The van der Waals surface area contributed by atoms with Crippen LogP contribution in [0.2, 0.25) is 0 Å². The summed E-state index contributed by atoms with van der Waals surface area (Å²) in [5.74, 6) is -0.171. The van der Waals surface area contributed by atoms with Crippen LogP contribution in [0.5, 0.6) is 0 Å². The van der Waals surface area contributed by atoms with Gasteiger partial charge < -0.3 is 0 Å². The highest BCUT2D eigenvalue weighted by Gasteiger charge is 2.05. The third-order valence-electron chi connectivity index (χ3n) is 1.92. The summed E-state index contributed by atoms with van der Waals surface area (Å²) in [5.41, 5.74) is 4.14. The van der Waals surface area contributed by atoms with Gasteiger partial charge in [-0.2, -0.15) is 16.4 Å². The number of nitrogens with zero attached hydrogens (tertiary/aromatic N) is 1. The number of rotatable bonds is 3. The zero-order valence-corrected chi connectivity index (χ0v) is 10.3. The van der Waals surface area contributed by atoms with Crippen molar-refractivity contribution < 1.29 is 4.79 Å². The van der Waals surface area contributed by atoms with Gasteiger partial charge in [0, 0.05) is 15.8 Å². The first-order chi connectivity index (χ1) is 7.75. The first-order valence-corrected chi connectivity index (χ1v) is 6.49. The fourth-order valence-corrected chi connectivity index (χ4v) is 2.43. The number of hydrogen-bond donors (Lipinski definition) is 1. The van der Waals surface area contributed by atoms with Gasteiger partial charge in [-0.3, -0.25) is 4.79 Å². The highest BCUT2D eigenvalue weighted by atomic mass is 32.1. The van der Waals surface area contributed by atoms with Crippen molar-refractivity contribution in [2.45, 2.75) is 6.92 Å². The van der Waals surface area contributed by atoms with Gasteiger partial charge in [0.25, 0.3) is 5.91 Å². The molecule has 2 rings (SSSR count). The lowest BCUT2D eigenvalue weighted by molar-refractivity contribution is 0.0955. The molecule has 0 fully saturated rings. The van der Waals surface area contributed by atoms with E-state index in [0.29, 0.717) is 5.56 Å². The minimum atomic E-state index is -0.171. The number of carbonyl (C=O) groups is 1. The molecule has 82 valence electrons. The van der Waals surface area contributed by atoms with Crippen LogP contribution in [0.3, 0.4) is 0 Å². The van der Waals surface area contributed by atoms with Gasteiger partial charge in [0.15, 0.2) is 0 Å². The minimum absolute atomic E-state index is 0.171. The van der Waals surface area contributed by atoms with E-state index in [-0.39, 0.29) is 5.91 Å². The highest BCUT2D eigenvalue weighted by Crippen LogP contribution is 2.12. The Morgan fingerprint density at radius 1 is 1.50 bits per heavy atom. The molecule has 0 atom stereocenters. The van der Waals surface area contributed by atoms with Crippen molar-refractivity contribution >= 4 is 34.8 Å². The van der Waals surface area contributed by atoms with Crippen LogP contribution in [0.1, 0.15) is 20.8 Å². The fraction of sp³-hybridized carbons (Fsp3) is 0.0909. The lowest BCUT2D eigenvalue weighted by Crippen LogP contribution is -2.16.